The van der Waals surface area contributed by atoms with E-state index in [0.29, 0.717) is 0 Å². The van der Waals surface area contributed by atoms with Gasteiger partial charge in [-0.05, 0) is 11.3 Å². The van der Waals surface area contributed by atoms with E-state index in [9.17, 15) is 9.59 Å². The molecule has 1 fully saturated rings. The quantitative estimate of drug-likeness (QED) is 0.566. The smallest absolute Gasteiger partial charge is 0.331 e. The van der Waals surface area contributed by atoms with Crippen LogP contribution in [0.4, 0.5) is 0 Å². The topological polar surface area (TPSA) is 87.4 Å². The molecule has 0 heterocycles. The number of aliphatic carboxylic acids is 1. The third-order valence-corrected chi connectivity index (χ3v) is 2.90. The zero-order valence-corrected chi connectivity index (χ0v) is 9.14. The Morgan fingerprint density at radius 3 is 2.62 bits per heavy atom. The number of carboxylic acids is 1. The van der Waals surface area contributed by atoms with Crippen LogP contribution >= 0.6 is 0 Å². The average Bonchev–Trinajstić information content (AvgIpc) is 2.74. The van der Waals surface area contributed by atoms with Crippen molar-refractivity contribution < 1.29 is 19.4 Å². The van der Waals surface area contributed by atoms with Crippen LogP contribution < -0.4 is 0 Å². The summed E-state index contributed by atoms with van der Waals surface area (Å²) in [5.41, 5.74) is -0.322. The number of hydrogen-bond acceptors (Lipinski definition) is 4. The number of esters is 1. The van der Waals surface area contributed by atoms with Crippen molar-refractivity contribution in [2.24, 2.45) is 17.3 Å². The largest absolute Gasteiger partial charge is 0.481 e. The van der Waals surface area contributed by atoms with Crippen molar-refractivity contribution in [1.29, 1.82) is 5.26 Å². The summed E-state index contributed by atoms with van der Waals surface area (Å²) in [5.74, 6) is -2.08. The molecule has 0 amide bonds. The first-order chi connectivity index (χ1) is 7.41. The van der Waals surface area contributed by atoms with Crippen LogP contribution in [-0.4, -0.2) is 23.7 Å². The monoisotopic (exact) mass is 223 g/mol. The maximum absolute atomic E-state index is 11.0. The molecular weight excluding hydrogens is 210 g/mol. The second-order valence-electron chi connectivity index (χ2n) is 4.29. The molecule has 0 aromatic heterocycles. The van der Waals surface area contributed by atoms with Crippen molar-refractivity contribution in [3.63, 3.8) is 0 Å². The summed E-state index contributed by atoms with van der Waals surface area (Å²) < 4.78 is 4.50. The predicted octanol–water partition coefficient (Wildman–Crippen LogP) is 0.966. The zero-order valence-electron chi connectivity index (χ0n) is 9.14. The molecule has 5 heteroatoms. The van der Waals surface area contributed by atoms with Crippen LogP contribution in [0.5, 0.6) is 0 Å². The second kappa shape index (κ2) is 4.35. The standard InChI is InChI=1S/C11H13NO4/c1-11(2)7(9(11)10(14)15)3-4-8(13)16-6-5-12/h3-4,7,9H,6H2,1-2H3,(H,14,15)/b4-3-. The van der Waals surface area contributed by atoms with E-state index in [4.69, 9.17) is 10.4 Å². The van der Waals surface area contributed by atoms with Crippen LogP contribution in [0, 0.1) is 28.6 Å². The maximum atomic E-state index is 11.0. The Hall–Kier alpha value is -1.83. The summed E-state index contributed by atoms with van der Waals surface area (Å²) in [6, 6.07) is 1.67. The molecule has 5 nitrogen and oxygen atoms in total. The lowest BCUT2D eigenvalue weighted by molar-refractivity contribution is -0.139. The van der Waals surface area contributed by atoms with Gasteiger partial charge in [-0.25, -0.2) is 4.79 Å². The summed E-state index contributed by atoms with van der Waals surface area (Å²) in [5, 5.41) is 17.0. The highest BCUT2D eigenvalue weighted by Crippen LogP contribution is 2.58. The Bertz CT molecular complexity index is 378. The van der Waals surface area contributed by atoms with Crippen molar-refractivity contribution in [2.75, 3.05) is 6.61 Å². The zero-order chi connectivity index (χ0) is 12.3. The summed E-state index contributed by atoms with van der Waals surface area (Å²) in [7, 11) is 0. The predicted molar refractivity (Wildman–Crippen MR) is 54.1 cm³/mol. The van der Waals surface area contributed by atoms with E-state index in [-0.39, 0.29) is 17.9 Å². The molecule has 0 radical (unpaired) electrons. The highest BCUT2D eigenvalue weighted by molar-refractivity contribution is 5.83. The molecule has 0 aliphatic heterocycles. The Labute approximate surface area is 93.3 Å². The van der Waals surface area contributed by atoms with Crippen molar-refractivity contribution in [3.8, 4) is 6.07 Å². The minimum Gasteiger partial charge on any atom is -0.481 e. The molecule has 0 spiro atoms. The minimum atomic E-state index is -0.856. The number of ether oxygens (including phenoxy) is 1. The molecule has 2 unspecified atom stereocenters. The molecular formula is C11H13NO4. The van der Waals surface area contributed by atoms with Gasteiger partial charge < -0.3 is 9.84 Å². The highest BCUT2D eigenvalue weighted by Gasteiger charge is 2.60. The van der Waals surface area contributed by atoms with E-state index in [1.54, 1.807) is 12.1 Å². The molecule has 86 valence electrons. The molecule has 1 saturated carbocycles. The van der Waals surface area contributed by atoms with Gasteiger partial charge in [0.05, 0.1) is 5.92 Å². The van der Waals surface area contributed by atoms with Gasteiger partial charge in [0.2, 0.25) is 0 Å². The van der Waals surface area contributed by atoms with Crippen molar-refractivity contribution in [2.45, 2.75) is 13.8 Å². The first-order valence-corrected chi connectivity index (χ1v) is 4.86. The minimum absolute atomic E-state index is 0.153. The Morgan fingerprint density at radius 1 is 1.56 bits per heavy atom. The lowest BCUT2D eigenvalue weighted by Gasteiger charge is -1.96. The number of allylic oxidation sites excluding steroid dienone is 1. The summed E-state index contributed by atoms with van der Waals surface area (Å²) in [6.07, 6.45) is 2.73. The van der Waals surface area contributed by atoms with Crippen LogP contribution in [0.2, 0.25) is 0 Å². The maximum Gasteiger partial charge on any atom is 0.331 e. The SMILES string of the molecule is CC1(C)C(/C=C\C(=O)OCC#N)C1C(=O)O. The second-order valence-corrected chi connectivity index (χ2v) is 4.29. The molecule has 0 bridgehead atoms. The number of nitriles is 1. The van der Waals surface area contributed by atoms with E-state index in [2.05, 4.69) is 4.74 Å². The molecule has 0 saturated heterocycles. The lowest BCUT2D eigenvalue weighted by atomic mass is 10.1. The number of carbonyl (C=O) groups is 2. The molecule has 1 rings (SSSR count). The van der Waals surface area contributed by atoms with Gasteiger partial charge in [-0.2, -0.15) is 5.26 Å². The van der Waals surface area contributed by atoms with Gasteiger partial charge in [0.25, 0.3) is 0 Å². The third-order valence-electron chi connectivity index (χ3n) is 2.90. The van der Waals surface area contributed by atoms with Crippen LogP contribution in [0.1, 0.15) is 13.8 Å². The van der Waals surface area contributed by atoms with Crippen molar-refractivity contribution >= 4 is 11.9 Å². The van der Waals surface area contributed by atoms with E-state index >= 15 is 0 Å². The van der Waals surface area contributed by atoms with Crippen LogP contribution in [-0.2, 0) is 14.3 Å². The molecule has 0 aromatic carbocycles. The molecule has 1 N–H and O–H groups in total. The van der Waals surface area contributed by atoms with Crippen LogP contribution in [0.25, 0.3) is 0 Å². The van der Waals surface area contributed by atoms with Crippen molar-refractivity contribution in [3.05, 3.63) is 12.2 Å². The van der Waals surface area contributed by atoms with Gasteiger partial charge in [0, 0.05) is 6.08 Å². The third kappa shape index (κ3) is 2.40. The molecule has 2 atom stereocenters. The summed E-state index contributed by atoms with van der Waals surface area (Å²) in [6.45, 7) is 3.38. The van der Waals surface area contributed by atoms with Crippen LogP contribution in [0.15, 0.2) is 12.2 Å². The van der Waals surface area contributed by atoms with E-state index in [1.807, 2.05) is 13.8 Å². The average molecular weight is 223 g/mol. The summed E-state index contributed by atoms with van der Waals surface area (Å²) >= 11 is 0. The number of hydrogen-bond donors (Lipinski definition) is 1. The highest BCUT2D eigenvalue weighted by atomic mass is 16.5. The van der Waals surface area contributed by atoms with Gasteiger partial charge in [-0.15, -0.1) is 0 Å². The fourth-order valence-electron chi connectivity index (χ4n) is 1.84. The molecule has 16 heavy (non-hydrogen) atoms. The number of nitrogens with zero attached hydrogens (tertiary/aromatic N) is 1. The number of carboxylic acid groups (broad SMARTS) is 1. The van der Waals surface area contributed by atoms with Gasteiger partial charge >= 0.3 is 11.9 Å². The van der Waals surface area contributed by atoms with E-state index in [0.717, 1.165) is 0 Å². The van der Waals surface area contributed by atoms with Gasteiger partial charge in [0.1, 0.15) is 6.07 Å². The molecule has 1 aliphatic rings. The Balaban J connectivity index is 2.51. The normalized spacial score (nSPS) is 26.1. The van der Waals surface area contributed by atoms with Gasteiger partial charge in [-0.1, -0.05) is 19.9 Å². The van der Waals surface area contributed by atoms with Gasteiger partial charge in [0.15, 0.2) is 6.61 Å². The fourth-order valence-corrected chi connectivity index (χ4v) is 1.84. The first kappa shape index (κ1) is 12.2. The fraction of sp³-hybridized carbons (Fsp3) is 0.545. The van der Waals surface area contributed by atoms with Crippen molar-refractivity contribution in [1.82, 2.24) is 0 Å². The Kier molecular flexibility index (Phi) is 3.33. The van der Waals surface area contributed by atoms with E-state index in [1.165, 1.54) is 6.08 Å². The van der Waals surface area contributed by atoms with Gasteiger partial charge in [-0.3, -0.25) is 4.79 Å². The van der Waals surface area contributed by atoms with Crippen LogP contribution in [0.3, 0.4) is 0 Å². The summed E-state index contributed by atoms with van der Waals surface area (Å²) in [4.78, 5) is 21.8. The number of rotatable bonds is 4. The Morgan fingerprint density at radius 2 is 2.19 bits per heavy atom. The van der Waals surface area contributed by atoms with E-state index < -0.39 is 17.9 Å². The molecule has 0 aromatic rings. The first-order valence-electron chi connectivity index (χ1n) is 4.86. The molecule has 1 aliphatic carbocycles. The number of carbonyl (C=O) groups excluding carboxylic acids is 1. The lowest BCUT2D eigenvalue weighted by Crippen LogP contribution is -2.03.